The molecule has 2 heteroatoms. The first-order valence-corrected chi connectivity index (χ1v) is 6.80. The molecule has 0 aliphatic heterocycles. The van der Waals surface area contributed by atoms with E-state index in [1.165, 1.54) is 64.5 Å². The van der Waals surface area contributed by atoms with Gasteiger partial charge in [0.1, 0.15) is 0 Å². The van der Waals surface area contributed by atoms with Gasteiger partial charge in [0.15, 0.2) is 0 Å². The zero-order valence-corrected chi connectivity index (χ0v) is 10.2. The lowest BCUT2D eigenvalue weighted by Gasteiger charge is -2.33. The van der Waals surface area contributed by atoms with Crippen molar-refractivity contribution < 1.29 is 0 Å². The van der Waals surface area contributed by atoms with Crippen LogP contribution in [0.4, 0.5) is 0 Å². The van der Waals surface area contributed by atoms with Crippen LogP contribution >= 0.6 is 0 Å². The highest BCUT2D eigenvalue weighted by atomic mass is 15.1. The summed E-state index contributed by atoms with van der Waals surface area (Å²) in [6.45, 7) is 2.43. The van der Waals surface area contributed by atoms with E-state index in [-0.39, 0.29) is 0 Å². The van der Waals surface area contributed by atoms with Crippen LogP contribution in [0.3, 0.4) is 0 Å². The summed E-state index contributed by atoms with van der Waals surface area (Å²) in [6.07, 6.45) is 11.5. The second-order valence-electron chi connectivity index (χ2n) is 5.35. The first kappa shape index (κ1) is 11.4. The molecule has 2 saturated carbocycles. The maximum Gasteiger partial charge on any atom is 0.0107 e. The Morgan fingerprint density at radius 2 is 1.73 bits per heavy atom. The first-order valence-electron chi connectivity index (χ1n) is 6.80. The monoisotopic (exact) mass is 210 g/mol. The highest BCUT2D eigenvalue weighted by Gasteiger charge is 2.19. The molecule has 0 unspecified atom stereocenters. The van der Waals surface area contributed by atoms with Crippen LogP contribution in [0.25, 0.3) is 0 Å². The minimum Gasteiger partial charge on any atom is -0.313 e. The molecule has 0 heterocycles. The van der Waals surface area contributed by atoms with Crippen LogP contribution in [-0.2, 0) is 0 Å². The van der Waals surface area contributed by atoms with E-state index in [4.69, 9.17) is 0 Å². The first-order chi connectivity index (χ1) is 7.36. The highest BCUT2D eigenvalue weighted by Crippen LogP contribution is 2.21. The molecular weight excluding hydrogens is 184 g/mol. The van der Waals surface area contributed by atoms with Gasteiger partial charge in [-0.2, -0.15) is 0 Å². The van der Waals surface area contributed by atoms with Gasteiger partial charge in [0.05, 0.1) is 0 Å². The number of likely N-dealkylation sites (N-methyl/N-ethyl adjacent to an activating group) is 1. The number of rotatable bonds is 5. The molecule has 15 heavy (non-hydrogen) atoms. The Labute approximate surface area is 94.4 Å². The zero-order valence-electron chi connectivity index (χ0n) is 10.2. The van der Waals surface area contributed by atoms with Gasteiger partial charge >= 0.3 is 0 Å². The van der Waals surface area contributed by atoms with Crippen molar-refractivity contribution in [2.75, 3.05) is 20.1 Å². The van der Waals surface area contributed by atoms with Gasteiger partial charge in [-0.25, -0.2) is 0 Å². The van der Waals surface area contributed by atoms with E-state index in [0.29, 0.717) is 0 Å². The van der Waals surface area contributed by atoms with E-state index in [1.807, 2.05) is 0 Å². The largest absolute Gasteiger partial charge is 0.313 e. The normalized spacial score (nSPS) is 24.4. The SMILES string of the molecule is CN(CCNC1CCC1)C1CCCCC1. The highest BCUT2D eigenvalue weighted by molar-refractivity contribution is 4.78. The minimum absolute atomic E-state index is 0.852. The summed E-state index contributed by atoms with van der Waals surface area (Å²) in [7, 11) is 2.30. The fourth-order valence-corrected chi connectivity index (χ4v) is 2.76. The van der Waals surface area contributed by atoms with Crippen LogP contribution in [0.1, 0.15) is 51.4 Å². The van der Waals surface area contributed by atoms with Crippen molar-refractivity contribution >= 4 is 0 Å². The number of nitrogens with zero attached hydrogens (tertiary/aromatic N) is 1. The molecule has 2 rings (SSSR count). The van der Waals surface area contributed by atoms with Crippen molar-refractivity contribution in [2.45, 2.75) is 63.5 Å². The van der Waals surface area contributed by atoms with Crippen molar-refractivity contribution in [1.82, 2.24) is 10.2 Å². The van der Waals surface area contributed by atoms with Gasteiger partial charge in [-0.05, 0) is 32.7 Å². The minimum atomic E-state index is 0.852. The van der Waals surface area contributed by atoms with Crippen molar-refractivity contribution in [3.63, 3.8) is 0 Å². The summed E-state index contributed by atoms with van der Waals surface area (Å²) in [5.41, 5.74) is 0. The molecule has 2 aliphatic rings. The van der Waals surface area contributed by atoms with Crippen LogP contribution in [0.5, 0.6) is 0 Å². The third-order valence-corrected chi connectivity index (χ3v) is 4.20. The van der Waals surface area contributed by atoms with Gasteiger partial charge in [0, 0.05) is 25.2 Å². The summed E-state index contributed by atoms with van der Waals surface area (Å²) in [5, 5.41) is 3.65. The summed E-state index contributed by atoms with van der Waals surface area (Å²) in [6, 6.07) is 1.73. The van der Waals surface area contributed by atoms with Crippen molar-refractivity contribution in [2.24, 2.45) is 0 Å². The predicted molar refractivity (Wildman–Crippen MR) is 65.1 cm³/mol. The molecule has 0 spiro atoms. The van der Waals surface area contributed by atoms with Gasteiger partial charge < -0.3 is 10.2 Å². The van der Waals surface area contributed by atoms with E-state index in [9.17, 15) is 0 Å². The van der Waals surface area contributed by atoms with Gasteiger partial charge in [-0.1, -0.05) is 25.7 Å². The van der Waals surface area contributed by atoms with Crippen molar-refractivity contribution in [1.29, 1.82) is 0 Å². The van der Waals surface area contributed by atoms with Crippen LogP contribution in [0, 0.1) is 0 Å². The quantitative estimate of drug-likeness (QED) is 0.749. The lowest BCUT2D eigenvalue weighted by molar-refractivity contribution is 0.186. The predicted octanol–water partition coefficient (Wildman–Crippen LogP) is 2.39. The molecule has 0 bridgehead atoms. The summed E-state index contributed by atoms with van der Waals surface area (Å²) < 4.78 is 0. The van der Waals surface area contributed by atoms with Gasteiger partial charge in [-0.15, -0.1) is 0 Å². The zero-order chi connectivity index (χ0) is 10.5. The van der Waals surface area contributed by atoms with E-state index in [2.05, 4.69) is 17.3 Å². The summed E-state index contributed by atoms with van der Waals surface area (Å²) in [4.78, 5) is 2.57. The topological polar surface area (TPSA) is 15.3 Å². The van der Waals surface area contributed by atoms with E-state index in [1.54, 1.807) is 0 Å². The standard InChI is InChI=1S/C13H26N2/c1-15(13-8-3-2-4-9-13)11-10-14-12-6-5-7-12/h12-14H,2-11H2,1H3. The Kier molecular flexibility index (Phi) is 4.45. The second-order valence-corrected chi connectivity index (χ2v) is 5.35. The fourth-order valence-electron chi connectivity index (χ4n) is 2.76. The molecule has 1 N–H and O–H groups in total. The van der Waals surface area contributed by atoms with Crippen molar-refractivity contribution in [3.05, 3.63) is 0 Å². The summed E-state index contributed by atoms with van der Waals surface area (Å²) >= 11 is 0. The Balaban J connectivity index is 1.56. The number of hydrogen-bond donors (Lipinski definition) is 1. The molecule has 0 amide bonds. The van der Waals surface area contributed by atoms with Gasteiger partial charge in [-0.3, -0.25) is 0 Å². The average molecular weight is 210 g/mol. The van der Waals surface area contributed by atoms with Crippen LogP contribution in [0.2, 0.25) is 0 Å². The molecule has 2 aliphatic carbocycles. The van der Waals surface area contributed by atoms with E-state index < -0.39 is 0 Å². The maximum absolute atomic E-state index is 3.65. The fraction of sp³-hybridized carbons (Fsp3) is 1.00. The molecule has 2 nitrogen and oxygen atoms in total. The average Bonchev–Trinajstić information content (AvgIpc) is 2.23. The maximum atomic E-state index is 3.65. The van der Waals surface area contributed by atoms with E-state index in [0.717, 1.165) is 12.1 Å². The summed E-state index contributed by atoms with van der Waals surface area (Å²) in [5.74, 6) is 0. The Bertz CT molecular complexity index is 171. The molecule has 0 aromatic carbocycles. The third kappa shape index (κ3) is 3.46. The Morgan fingerprint density at radius 1 is 1.00 bits per heavy atom. The smallest absolute Gasteiger partial charge is 0.0107 e. The number of hydrogen-bond acceptors (Lipinski definition) is 2. The van der Waals surface area contributed by atoms with Crippen molar-refractivity contribution in [3.8, 4) is 0 Å². The molecule has 0 saturated heterocycles. The molecular formula is C13H26N2. The lowest BCUT2D eigenvalue weighted by Crippen LogP contribution is -2.42. The van der Waals surface area contributed by atoms with Gasteiger partial charge in [0.25, 0.3) is 0 Å². The number of nitrogens with one attached hydrogen (secondary N) is 1. The molecule has 2 fully saturated rings. The molecule has 0 aromatic rings. The Hall–Kier alpha value is -0.0800. The van der Waals surface area contributed by atoms with Crippen LogP contribution in [-0.4, -0.2) is 37.1 Å². The lowest BCUT2D eigenvalue weighted by atomic mass is 9.93. The molecule has 0 aromatic heterocycles. The third-order valence-electron chi connectivity index (χ3n) is 4.20. The van der Waals surface area contributed by atoms with Crippen LogP contribution < -0.4 is 5.32 Å². The molecule has 88 valence electrons. The second kappa shape index (κ2) is 5.86. The van der Waals surface area contributed by atoms with Gasteiger partial charge in [0.2, 0.25) is 0 Å². The van der Waals surface area contributed by atoms with Crippen LogP contribution in [0.15, 0.2) is 0 Å². The molecule has 0 radical (unpaired) electrons. The molecule has 0 atom stereocenters. The Morgan fingerprint density at radius 3 is 2.33 bits per heavy atom. The van der Waals surface area contributed by atoms with E-state index >= 15 is 0 Å².